The Bertz CT molecular complexity index is 991. The summed E-state index contributed by atoms with van der Waals surface area (Å²) < 4.78 is 12.3. The van der Waals surface area contributed by atoms with E-state index in [9.17, 15) is 0 Å². The van der Waals surface area contributed by atoms with E-state index in [2.05, 4.69) is 28.2 Å². The second-order valence-electron chi connectivity index (χ2n) is 6.19. The van der Waals surface area contributed by atoms with Crippen LogP contribution >= 0.6 is 0 Å². The molecule has 0 spiro atoms. The first kappa shape index (κ1) is 11.7. The molecule has 6 rings (SSSR count). The molecule has 3 aliphatic rings. The first-order chi connectivity index (χ1) is 11.4. The molecule has 0 amide bonds. The Kier molecular flexibility index (Phi) is 2.00. The average molecular weight is 298 g/mol. The van der Waals surface area contributed by atoms with Crippen molar-refractivity contribution in [3.05, 3.63) is 53.9 Å². The molecule has 1 aromatic carbocycles. The predicted molar refractivity (Wildman–Crippen MR) is 87.1 cm³/mol. The smallest absolute Gasteiger partial charge is 0.265 e. The molecule has 108 valence electrons. The fourth-order valence-electron chi connectivity index (χ4n) is 3.89. The van der Waals surface area contributed by atoms with Gasteiger partial charge in [-0.15, -0.1) is 0 Å². The minimum Gasteiger partial charge on any atom is -0.440 e. The second-order valence-corrected chi connectivity index (χ2v) is 6.19. The normalized spacial score (nSPS) is 15.2. The van der Waals surface area contributed by atoms with Crippen molar-refractivity contribution in [1.29, 1.82) is 0 Å². The fraction of sp³-hybridized carbons (Fsp3) is 0.111. The summed E-state index contributed by atoms with van der Waals surface area (Å²) in [6.45, 7) is 0.0841. The predicted octanol–water partition coefficient (Wildman–Crippen LogP) is 1.30. The summed E-state index contributed by atoms with van der Waals surface area (Å²) in [5, 5.41) is 0. The molecule has 0 bridgehead atoms. The number of fused-ring (bicyclic) bond motifs is 6. The lowest BCUT2D eigenvalue weighted by atomic mass is 9.35. The molecule has 4 heterocycles. The Labute approximate surface area is 133 Å². The molecule has 3 aromatic rings. The van der Waals surface area contributed by atoms with E-state index in [0.717, 1.165) is 40.7 Å². The molecule has 0 atom stereocenters. The Morgan fingerprint density at radius 3 is 2.35 bits per heavy atom. The number of ether oxygens (including phenoxy) is 2. The summed E-state index contributed by atoms with van der Waals surface area (Å²) in [7, 11) is 0. The molecule has 23 heavy (non-hydrogen) atoms. The molecular weight excluding hydrogens is 287 g/mol. The number of nitrogens with zero attached hydrogens (tertiary/aromatic N) is 2. The van der Waals surface area contributed by atoms with Crippen LogP contribution in [0.4, 0.5) is 0 Å². The largest absolute Gasteiger partial charge is 0.440 e. The van der Waals surface area contributed by atoms with Crippen molar-refractivity contribution in [2.45, 2.75) is 12.8 Å². The maximum Gasteiger partial charge on any atom is 0.265 e. The monoisotopic (exact) mass is 298 g/mol. The van der Waals surface area contributed by atoms with E-state index in [1.54, 1.807) is 12.4 Å². The number of rotatable bonds is 0. The average Bonchev–Trinajstić information content (AvgIpc) is 2.57. The quantitative estimate of drug-likeness (QED) is 0.404. The van der Waals surface area contributed by atoms with Crippen LogP contribution in [-0.2, 0) is 12.8 Å². The number of benzene rings is 1. The molecular formula is C18H11BN2O2. The van der Waals surface area contributed by atoms with Gasteiger partial charge in [-0.3, -0.25) is 0 Å². The van der Waals surface area contributed by atoms with Gasteiger partial charge in [-0.25, -0.2) is 9.97 Å². The highest BCUT2D eigenvalue weighted by molar-refractivity contribution is 6.98. The van der Waals surface area contributed by atoms with Crippen molar-refractivity contribution in [2.75, 3.05) is 0 Å². The lowest BCUT2D eigenvalue weighted by molar-refractivity contribution is 0.436. The standard InChI is InChI=1S/C18H11BN2O2/c1-3-12-17(20-7-1)22-14-9-10-5-6-11(10)16-15(14)19(12)13-4-2-8-21-18(13)23-16/h1-4,7-9H,5-6H2. The van der Waals surface area contributed by atoms with E-state index in [1.165, 1.54) is 11.1 Å². The topological polar surface area (TPSA) is 44.2 Å². The summed E-state index contributed by atoms with van der Waals surface area (Å²) in [5.41, 5.74) is 5.91. The number of aromatic nitrogens is 2. The van der Waals surface area contributed by atoms with Gasteiger partial charge >= 0.3 is 0 Å². The summed E-state index contributed by atoms with van der Waals surface area (Å²) in [5.74, 6) is 3.22. The molecule has 0 N–H and O–H groups in total. The van der Waals surface area contributed by atoms with Gasteiger partial charge in [0.15, 0.2) is 0 Å². The molecule has 5 heteroatoms. The maximum atomic E-state index is 6.19. The number of pyridine rings is 2. The molecule has 1 aliphatic carbocycles. The van der Waals surface area contributed by atoms with Crippen LogP contribution in [0.25, 0.3) is 0 Å². The van der Waals surface area contributed by atoms with Gasteiger partial charge in [0.25, 0.3) is 6.71 Å². The molecule has 0 fully saturated rings. The third kappa shape index (κ3) is 1.38. The third-order valence-corrected chi connectivity index (χ3v) is 5.04. The number of hydrogen-bond acceptors (Lipinski definition) is 4. The molecule has 2 aromatic heterocycles. The molecule has 4 nitrogen and oxygen atoms in total. The maximum absolute atomic E-state index is 6.19. The number of aryl methyl sites for hydroxylation is 1. The van der Waals surface area contributed by atoms with Crippen LogP contribution in [0.1, 0.15) is 11.1 Å². The highest BCUT2D eigenvalue weighted by atomic mass is 16.5. The summed E-state index contributed by atoms with van der Waals surface area (Å²) >= 11 is 0. The lowest BCUT2D eigenvalue weighted by Crippen LogP contribution is -2.58. The Morgan fingerprint density at radius 1 is 0.913 bits per heavy atom. The minimum atomic E-state index is 0.0841. The summed E-state index contributed by atoms with van der Waals surface area (Å²) in [4.78, 5) is 8.88. The Morgan fingerprint density at radius 2 is 1.65 bits per heavy atom. The Hall–Kier alpha value is -2.82. The Balaban J connectivity index is 1.73. The summed E-state index contributed by atoms with van der Waals surface area (Å²) in [6, 6.07) is 10.2. The molecule has 0 radical (unpaired) electrons. The molecule has 2 aliphatic heterocycles. The lowest BCUT2D eigenvalue weighted by Gasteiger charge is -2.35. The van der Waals surface area contributed by atoms with Gasteiger partial charge in [-0.05, 0) is 53.1 Å². The SMILES string of the molecule is c1cnc2c(c1)B1c3cccnc3Oc3c4c(cc(c31)O2)CC4. The first-order valence-corrected chi connectivity index (χ1v) is 7.84. The zero-order valence-electron chi connectivity index (χ0n) is 12.2. The van der Waals surface area contributed by atoms with Crippen molar-refractivity contribution in [2.24, 2.45) is 0 Å². The van der Waals surface area contributed by atoms with Gasteiger partial charge in [-0.2, -0.15) is 0 Å². The van der Waals surface area contributed by atoms with Crippen molar-refractivity contribution in [3.63, 3.8) is 0 Å². The first-order valence-electron chi connectivity index (χ1n) is 7.84. The molecule has 0 saturated heterocycles. The highest BCUT2D eigenvalue weighted by Gasteiger charge is 2.43. The van der Waals surface area contributed by atoms with Crippen molar-refractivity contribution >= 4 is 23.1 Å². The van der Waals surface area contributed by atoms with Crippen molar-refractivity contribution in [3.8, 4) is 23.3 Å². The minimum absolute atomic E-state index is 0.0841. The van der Waals surface area contributed by atoms with Crippen LogP contribution in [0, 0.1) is 0 Å². The van der Waals surface area contributed by atoms with E-state index in [1.807, 2.05) is 12.1 Å². The molecule has 0 unspecified atom stereocenters. The van der Waals surface area contributed by atoms with E-state index >= 15 is 0 Å². The van der Waals surface area contributed by atoms with E-state index < -0.39 is 0 Å². The zero-order valence-corrected chi connectivity index (χ0v) is 12.2. The van der Waals surface area contributed by atoms with Gasteiger partial charge in [0.2, 0.25) is 11.8 Å². The van der Waals surface area contributed by atoms with Crippen LogP contribution in [-0.4, -0.2) is 16.7 Å². The van der Waals surface area contributed by atoms with E-state index in [0.29, 0.717) is 11.8 Å². The fourth-order valence-corrected chi connectivity index (χ4v) is 3.89. The van der Waals surface area contributed by atoms with Gasteiger partial charge in [0, 0.05) is 17.9 Å². The van der Waals surface area contributed by atoms with E-state index in [-0.39, 0.29) is 6.71 Å². The van der Waals surface area contributed by atoms with Crippen molar-refractivity contribution in [1.82, 2.24) is 9.97 Å². The van der Waals surface area contributed by atoms with Gasteiger partial charge in [0.05, 0.1) is 0 Å². The van der Waals surface area contributed by atoms with Gasteiger partial charge < -0.3 is 9.47 Å². The van der Waals surface area contributed by atoms with E-state index in [4.69, 9.17) is 9.47 Å². The van der Waals surface area contributed by atoms with Crippen LogP contribution in [0.15, 0.2) is 42.7 Å². The van der Waals surface area contributed by atoms with Gasteiger partial charge in [-0.1, -0.05) is 12.1 Å². The van der Waals surface area contributed by atoms with Crippen molar-refractivity contribution < 1.29 is 9.47 Å². The highest BCUT2D eigenvalue weighted by Crippen LogP contribution is 2.41. The van der Waals surface area contributed by atoms with Gasteiger partial charge in [0.1, 0.15) is 11.5 Å². The van der Waals surface area contributed by atoms with Crippen LogP contribution < -0.4 is 25.9 Å². The van der Waals surface area contributed by atoms with Crippen LogP contribution in [0.2, 0.25) is 0 Å². The molecule has 0 saturated carbocycles. The number of hydrogen-bond donors (Lipinski definition) is 0. The van der Waals surface area contributed by atoms with Crippen LogP contribution in [0.3, 0.4) is 0 Å². The second kappa shape index (κ2) is 3.93. The summed E-state index contributed by atoms with van der Waals surface area (Å²) in [6.07, 6.45) is 5.70. The van der Waals surface area contributed by atoms with Crippen LogP contribution in [0.5, 0.6) is 23.3 Å². The zero-order chi connectivity index (χ0) is 15.0. The third-order valence-electron chi connectivity index (χ3n) is 5.04.